The number of guanidine groups is 1. The fourth-order valence-electron chi connectivity index (χ4n) is 3.19. The van der Waals surface area contributed by atoms with E-state index in [1.54, 1.807) is 7.05 Å². The Morgan fingerprint density at radius 1 is 1.25 bits per heavy atom. The molecule has 6 heteroatoms. The van der Waals surface area contributed by atoms with Crippen molar-refractivity contribution < 1.29 is 4.79 Å². The molecular weight excluding hydrogens is 302 g/mol. The number of likely N-dealkylation sites (tertiary alicyclic amines) is 1. The highest BCUT2D eigenvalue weighted by Crippen LogP contribution is 2.31. The summed E-state index contributed by atoms with van der Waals surface area (Å²) >= 11 is 0. The molecule has 3 rings (SSSR count). The predicted octanol–water partition coefficient (Wildman–Crippen LogP) is 1.27. The van der Waals surface area contributed by atoms with Gasteiger partial charge in [-0.15, -0.1) is 0 Å². The number of amides is 1. The number of hydrogen-bond acceptors (Lipinski definition) is 3. The first-order valence-corrected chi connectivity index (χ1v) is 8.72. The molecule has 1 aliphatic carbocycles. The van der Waals surface area contributed by atoms with Gasteiger partial charge in [0.15, 0.2) is 5.96 Å². The number of aliphatic imine (C=N–C) groups is 1. The normalized spacial score (nSPS) is 24.7. The highest BCUT2D eigenvalue weighted by Gasteiger charge is 2.38. The zero-order chi connectivity index (χ0) is 16.9. The van der Waals surface area contributed by atoms with Gasteiger partial charge in [-0.25, -0.2) is 0 Å². The number of carbonyl (C=O) groups excluding carboxylic acids is 1. The van der Waals surface area contributed by atoms with Crippen molar-refractivity contribution in [3.8, 4) is 0 Å². The van der Waals surface area contributed by atoms with Crippen LogP contribution in [-0.2, 0) is 4.79 Å². The fraction of sp³-hybridized carbons (Fsp3) is 0.556. The van der Waals surface area contributed by atoms with Crippen molar-refractivity contribution in [3.05, 3.63) is 30.3 Å². The quantitative estimate of drug-likeness (QED) is 0.562. The Kier molecular flexibility index (Phi) is 5.35. The van der Waals surface area contributed by atoms with Gasteiger partial charge in [0, 0.05) is 37.9 Å². The van der Waals surface area contributed by atoms with Gasteiger partial charge in [0.25, 0.3) is 0 Å². The maximum Gasteiger partial charge on any atom is 0.243 e. The number of para-hydroxylation sites is 1. The Balaban J connectivity index is 1.44. The first-order valence-electron chi connectivity index (χ1n) is 8.72. The van der Waals surface area contributed by atoms with Crippen LogP contribution in [0.15, 0.2) is 35.3 Å². The molecule has 1 heterocycles. The van der Waals surface area contributed by atoms with Crippen molar-refractivity contribution in [2.75, 3.05) is 32.0 Å². The van der Waals surface area contributed by atoms with Gasteiger partial charge >= 0.3 is 0 Å². The average Bonchev–Trinajstić information content (AvgIpc) is 3.37. The topological polar surface area (TPSA) is 68.8 Å². The highest BCUT2D eigenvalue weighted by atomic mass is 16.1. The SMILES string of the molecule is CN=C(NCC(=O)Nc1ccccc1)NC1CN(C2CC2)CC1C. The van der Waals surface area contributed by atoms with Crippen LogP contribution in [0.3, 0.4) is 0 Å². The van der Waals surface area contributed by atoms with Crippen LogP contribution in [0.1, 0.15) is 19.8 Å². The molecule has 0 aromatic heterocycles. The fourth-order valence-corrected chi connectivity index (χ4v) is 3.19. The minimum absolute atomic E-state index is 0.0803. The number of nitrogens with zero attached hydrogens (tertiary/aromatic N) is 2. The van der Waals surface area contributed by atoms with Gasteiger partial charge in [-0.2, -0.15) is 0 Å². The van der Waals surface area contributed by atoms with Crippen molar-refractivity contribution in [2.45, 2.75) is 31.8 Å². The van der Waals surface area contributed by atoms with Crippen LogP contribution < -0.4 is 16.0 Å². The molecule has 1 amide bonds. The monoisotopic (exact) mass is 329 g/mol. The largest absolute Gasteiger partial charge is 0.352 e. The van der Waals surface area contributed by atoms with Crippen molar-refractivity contribution in [2.24, 2.45) is 10.9 Å². The van der Waals surface area contributed by atoms with Crippen LogP contribution in [0.2, 0.25) is 0 Å². The molecular formula is C18H27N5O. The number of rotatable bonds is 5. The zero-order valence-corrected chi connectivity index (χ0v) is 14.5. The van der Waals surface area contributed by atoms with Gasteiger partial charge in [0.2, 0.25) is 5.91 Å². The first kappa shape index (κ1) is 16.8. The molecule has 24 heavy (non-hydrogen) atoms. The van der Waals surface area contributed by atoms with Crippen LogP contribution in [-0.4, -0.2) is 55.5 Å². The second-order valence-electron chi connectivity index (χ2n) is 6.75. The third-order valence-corrected chi connectivity index (χ3v) is 4.72. The number of hydrogen-bond donors (Lipinski definition) is 3. The number of benzene rings is 1. The Morgan fingerprint density at radius 3 is 2.67 bits per heavy atom. The Labute approximate surface area is 143 Å². The van der Waals surface area contributed by atoms with Crippen LogP contribution in [0.5, 0.6) is 0 Å². The summed E-state index contributed by atoms with van der Waals surface area (Å²) in [6, 6.07) is 10.6. The summed E-state index contributed by atoms with van der Waals surface area (Å²) in [7, 11) is 1.74. The maximum atomic E-state index is 12.0. The van der Waals surface area contributed by atoms with Crippen LogP contribution >= 0.6 is 0 Å². The molecule has 2 unspecified atom stereocenters. The Hall–Kier alpha value is -2.08. The van der Waals surface area contributed by atoms with Crippen molar-refractivity contribution >= 4 is 17.6 Å². The molecule has 1 saturated carbocycles. The standard InChI is InChI=1S/C18H27N5O/c1-13-11-23(15-8-9-15)12-16(13)22-18(19-2)20-10-17(24)21-14-6-4-3-5-7-14/h3-7,13,15-16H,8-12H2,1-2H3,(H,21,24)(H2,19,20,22). The number of anilines is 1. The molecule has 6 nitrogen and oxygen atoms in total. The molecule has 0 spiro atoms. The molecule has 0 bridgehead atoms. The summed E-state index contributed by atoms with van der Waals surface area (Å²) in [4.78, 5) is 18.8. The lowest BCUT2D eigenvalue weighted by Crippen LogP contribution is -2.48. The molecule has 1 aromatic rings. The molecule has 0 radical (unpaired) electrons. The third kappa shape index (κ3) is 4.47. The second-order valence-corrected chi connectivity index (χ2v) is 6.75. The van der Waals surface area contributed by atoms with E-state index < -0.39 is 0 Å². The van der Waals surface area contributed by atoms with Crippen molar-refractivity contribution in [3.63, 3.8) is 0 Å². The summed E-state index contributed by atoms with van der Waals surface area (Å²) in [5, 5.41) is 9.43. The molecule has 2 aliphatic rings. The summed E-state index contributed by atoms with van der Waals surface area (Å²) in [5.74, 6) is 1.19. The number of carbonyl (C=O) groups is 1. The van der Waals surface area contributed by atoms with E-state index in [-0.39, 0.29) is 12.5 Å². The lowest BCUT2D eigenvalue weighted by atomic mass is 10.1. The second kappa shape index (κ2) is 7.66. The molecule has 3 N–H and O–H groups in total. The number of nitrogens with one attached hydrogen (secondary N) is 3. The Morgan fingerprint density at radius 2 is 2.00 bits per heavy atom. The minimum Gasteiger partial charge on any atom is -0.352 e. The van der Waals surface area contributed by atoms with Gasteiger partial charge in [-0.05, 0) is 30.9 Å². The maximum absolute atomic E-state index is 12.0. The van der Waals surface area contributed by atoms with Gasteiger partial charge in [0.05, 0.1) is 6.54 Å². The lowest BCUT2D eigenvalue weighted by Gasteiger charge is -2.20. The zero-order valence-electron chi connectivity index (χ0n) is 14.5. The first-order chi connectivity index (χ1) is 11.7. The van der Waals surface area contributed by atoms with E-state index in [4.69, 9.17) is 0 Å². The average molecular weight is 329 g/mol. The molecule has 2 atom stereocenters. The van der Waals surface area contributed by atoms with E-state index >= 15 is 0 Å². The lowest BCUT2D eigenvalue weighted by molar-refractivity contribution is -0.115. The molecule has 1 aliphatic heterocycles. The summed E-state index contributed by atoms with van der Waals surface area (Å²) in [5.41, 5.74) is 0.803. The highest BCUT2D eigenvalue weighted by molar-refractivity contribution is 5.95. The molecule has 2 fully saturated rings. The van der Waals surface area contributed by atoms with E-state index in [9.17, 15) is 4.79 Å². The van der Waals surface area contributed by atoms with Crippen LogP contribution in [0, 0.1) is 5.92 Å². The van der Waals surface area contributed by atoms with Crippen molar-refractivity contribution in [1.82, 2.24) is 15.5 Å². The van der Waals surface area contributed by atoms with Crippen LogP contribution in [0.25, 0.3) is 0 Å². The van der Waals surface area contributed by atoms with E-state index in [0.29, 0.717) is 17.9 Å². The van der Waals surface area contributed by atoms with E-state index in [0.717, 1.165) is 24.8 Å². The third-order valence-electron chi connectivity index (χ3n) is 4.72. The molecule has 130 valence electrons. The summed E-state index contributed by atoms with van der Waals surface area (Å²) < 4.78 is 0. The van der Waals surface area contributed by atoms with Gasteiger partial charge in [-0.1, -0.05) is 25.1 Å². The minimum atomic E-state index is -0.0803. The van der Waals surface area contributed by atoms with E-state index in [1.165, 1.54) is 12.8 Å². The van der Waals surface area contributed by atoms with E-state index in [2.05, 4.69) is 32.8 Å². The predicted molar refractivity (Wildman–Crippen MR) is 97.1 cm³/mol. The molecule has 1 aromatic carbocycles. The van der Waals surface area contributed by atoms with E-state index in [1.807, 2.05) is 30.3 Å². The van der Waals surface area contributed by atoms with Gasteiger partial charge in [0.1, 0.15) is 0 Å². The smallest absolute Gasteiger partial charge is 0.243 e. The molecule has 1 saturated heterocycles. The van der Waals surface area contributed by atoms with Gasteiger partial charge in [-0.3, -0.25) is 14.7 Å². The van der Waals surface area contributed by atoms with Crippen molar-refractivity contribution in [1.29, 1.82) is 0 Å². The summed E-state index contributed by atoms with van der Waals surface area (Å²) in [6.45, 7) is 4.67. The summed E-state index contributed by atoms with van der Waals surface area (Å²) in [6.07, 6.45) is 2.68. The van der Waals surface area contributed by atoms with Crippen LogP contribution in [0.4, 0.5) is 5.69 Å². The Bertz CT molecular complexity index is 584. The van der Waals surface area contributed by atoms with Gasteiger partial charge < -0.3 is 16.0 Å².